The average Bonchev–Trinajstić information content (AvgIpc) is 4.00. The number of carbonyl (C=O) groups is 3. The predicted molar refractivity (Wildman–Crippen MR) is 280 cm³/mol. The molecule has 0 heterocycles. The molecule has 3 aromatic rings. The van der Waals surface area contributed by atoms with E-state index in [0.717, 1.165) is 97.9 Å². The first-order valence-corrected chi connectivity index (χ1v) is 27.3. The van der Waals surface area contributed by atoms with Crippen molar-refractivity contribution in [3.8, 4) is 0 Å². The number of hydrogen-bond donors (Lipinski definition) is 0. The van der Waals surface area contributed by atoms with Crippen LogP contribution in [0.3, 0.4) is 0 Å². The van der Waals surface area contributed by atoms with Crippen molar-refractivity contribution in [1.29, 1.82) is 0 Å². The first kappa shape index (κ1) is 54.7. The van der Waals surface area contributed by atoms with Crippen LogP contribution in [0.2, 0.25) is 0 Å². The summed E-state index contributed by atoms with van der Waals surface area (Å²) >= 11 is 0. The Kier molecular flexibility index (Phi) is 18.8. The zero-order valence-electron chi connectivity index (χ0n) is 43.9. The minimum absolute atomic E-state index is 0.00732. The minimum Gasteiger partial charge on any atom is -0.343 e. The van der Waals surface area contributed by atoms with Crippen LogP contribution in [-0.4, -0.2) is 91.7 Å². The van der Waals surface area contributed by atoms with Crippen LogP contribution in [0.1, 0.15) is 170 Å². The maximum atomic E-state index is 14.6. The number of allylic oxidation sites excluding steroid dienone is 3. The molecule has 390 valence electrons. The topological polar surface area (TPSA) is 60.9 Å². The highest BCUT2D eigenvalue weighted by Gasteiger charge is 2.44. The number of rotatable bonds is 15. The van der Waals surface area contributed by atoms with Crippen LogP contribution in [0, 0.1) is 35.3 Å². The van der Waals surface area contributed by atoms with Crippen molar-refractivity contribution in [2.75, 3.05) is 59.3 Å². The van der Waals surface area contributed by atoms with E-state index in [1.807, 2.05) is 74.4 Å². The van der Waals surface area contributed by atoms with E-state index in [0.29, 0.717) is 56.9 Å². The molecule has 0 saturated carbocycles. The fourth-order valence-electron chi connectivity index (χ4n) is 13.5. The van der Waals surface area contributed by atoms with E-state index in [1.165, 1.54) is 46.0 Å². The van der Waals surface area contributed by atoms with Gasteiger partial charge in [0.1, 0.15) is 11.6 Å². The first-order valence-electron chi connectivity index (χ1n) is 27.3. The van der Waals surface area contributed by atoms with E-state index in [-0.39, 0.29) is 71.5 Å². The molecule has 0 fully saturated rings. The fraction of sp³-hybridized carbons (Fsp3) is 0.557. The molecule has 7 unspecified atom stereocenters. The monoisotopic (exact) mass is 993 g/mol. The molecule has 6 nitrogen and oxygen atoms in total. The second kappa shape index (κ2) is 24.8. The number of nitrogens with zero attached hydrogens (tertiary/aromatic N) is 3. The minimum atomic E-state index is -0.425. The Labute approximate surface area is 426 Å². The summed E-state index contributed by atoms with van der Waals surface area (Å²) in [6.45, 7) is 17.2. The Morgan fingerprint density at radius 2 is 0.986 bits per heavy atom. The molecule has 3 aromatic carbocycles. The van der Waals surface area contributed by atoms with E-state index in [1.54, 1.807) is 12.1 Å². The summed E-state index contributed by atoms with van der Waals surface area (Å²) in [5, 5.41) is 0. The summed E-state index contributed by atoms with van der Waals surface area (Å²) in [6.07, 6.45) is 8.37. The zero-order chi connectivity index (χ0) is 51.8. The van der Waals surface area contributed by atoms with Crippen LogP contribution in [0.15, 0.2) is 77.4 Å². The van der Waals surface area contributed by atoms with Crippen molar-refractivity contribution in [2.24, 2.45) is 23.7 Å². The number of halogens is 5. The van der Waals surface area contributed by atoms with E-state index < -0.39 is 13.3 Å². The molecule has 0 spiro atoms. The molecule has 0 N–H and O–H groups in total. The Hall–Kier alpha value is -5.06. The highest BCUT2D eigenvalue weighted by Crippen LogP contribution is 2.56. The molecular weight excluding hydrogens is 915 g/mol. The molecule has 0 bridgehead atoms. The van der Waals surface area contributed by atoms with Crippen molar-refractivity contribution >= 4 is 34.4 Å². The van der Waals surface area contributed by atoms with Gasteiger partial charge in [-0.05, 0) is 181 Å². The van der Waals surface area contributed by atoms with Gasteiger partial charge in [0.2, 0.25) is 17.7 Å². The molecule has 0 aromatic heterocycles. The van der Waals surface area contributed by atoms with Crippen LogP contribution in [0.4, 0.5) is 22.0 Å². The van der Waals surface area contributed by atoms with E-state index in [2.05, 4.69) is 19.1 Å². The lowest BCUT2D eigenvalue weighted by molar-refractivity contribution is -0.134. The Morgan fingerprint density at radius 3 is 1.54 bits per heavy atom. The molecule has 9 rings (SSSR count). The summed E-state index contributed by atoms with van der Waals surface area (Å²) in [5.41, 5.74) is 12.4. The van der Waals surface area contributed by atoms with Crippen LogP contribution >= 0.6 is 0 Å². The number of fused-ring (bicyclic) bond motifs is 6. The molecule has 3 amide bonds. The quantitative estimate of drug-likeness (QED) is 0.143. The Bertz CT molecular complexity index is 2520. The smallest absolute Gasteiger partial charge is 0.230 e. The lowest BCUT2D eigenvalue weighted by Crippen LogP contribution is -2.38. The van der Waals surface area contributed by atoms with Crippen molar-refractivity contribution in [3.05, 3.63) is 122 Å². The Balaban J connectivity index is 0.000000158. The predicted octanol–water partition coefficient (Wildman–Crippen LogP) is 14.2. The van der Waals surface area contributed by atoms with Gasteiger partial charge in [-0.25, -0.2) is 8.78 Å². The molecule has 0 aliphatic heterocycles. The van der Waals surface area contributed by atoms with E-state index >= 15 is 0 Å². The third kappa shape index (κ3) is 10.6. The third-order valence-corrected chi connectivity index (χ3v) is 16.7. The van der Waals surface area contributed by atoms with Crippen LogP contribution < -0.4 is 0 Å². The maximum Gasteiger partial charge on any atom is 0.230 e. The zero-order valence-corrected chi connectivity index (χ0v) is 43.9. The summed E-state index contributed by atoms with van der Waals surface area (Å²) in [6, 6.07) is 18.1. The van der Waals surface area contributed by atoms with Crippen molar-refractivity contribution in [1.82, 2.24) is 14.7 Å². The number of hydrogen-bond acceptors (Lipinski definition) is 3. The highest BCUT2D eigenvalue weighted by atomic mass is 19.1. The molecule has 6 aliphatic carbocycles. The number of alkyl halides is 3. The lowest BCUT2D eigenvalue weighted by Gasteiger charge is -2.33. The first-order chi connectivity index (χ1) is 34.9. The molecule has 7 atom stereocenters. The normalized spacial score (nSPS) is 23.4. The molecule has 6 aliphatic rings. The van der Waals surface area contributed by atoms with Crippen LogP contribution in [0.5, 0.6) is 0 Å². The van der Waals surface area contributed by atoms with Crippen molar-refractivity contribution in [2.45, 2.75) is 137 Å². The van der Waals surface area contributed by atoms with Crippen molar-refractivity contribution < 1.29 is 36.3 Å². The van der Waals surface area contributed by atoms with Crippen LogP contribution in [-0.2, 0) is 14.4 Å². The van der Waals surface area contributed by atoms with E-state index in [4.69, 9.17) is 0 Å². The highest BCUT2D eigenvalue weighted by molar-refractivity contribution is 5.98. The number of benzene rings is 3. The van der Waals surface area contributed by atoms with Gasteiger partial charge in [0.15, 0.2) is 0 Å². The Morgan fingerprint density at radius 1 is 0.528 bits per heavy atom. The average molecular weight is 993 g/mol. The molecule has 0 radical (unpaired) electrons. The maximum absolute atomic E-state index is 14.6. The summed E-state index contributed by atoms with van der Waals surface area (Å²) in [4.78, 5) is 44.7. The molecule has 0 saturated heterocycles. The molecule has 72 heavy (non-hydrogen) atoms. The third-order valence-electron chi connectivity index (χ3n) is 16.7. The molecular formula is C61H78F5N3O3. The van der Waals surface area contributed by atoms with Gasteiger partial charge < -0.3 is 14.7 Å². The second-order valence-electron chi connectivity index (χ2n) is 20.4. The summed E-state index contributed by atoms with van der Waals surface area (Å²) < 4.78 is 67.9. The van der Waals surface area contributed by atoms with Gasteiger partial charge in [-0.3, -0.25) is 27.6 Å². The fourth-order valence-corrected chi connectivity index (χ4v) is 13.5. The van der Waals surface area contributed by atoms with Gasteiger partial charge in [0, 0.05) is 62.6 Å². The van der Waals surface area contributed by atoms with Gasteiger partial charge in [-0.2, -0.15) is 0 Å². The van der Waals surface area contributed by atoms with Gasteiger partial charge in [0.05, 0.1) is 37.8 Å². The van der Waals surface area contributed by atoms with Gasteiger partial charge >= 0.3 is 0 Å². The molecule has 11 heteroatoms. The van der Waals surface area contributed by atoms with Crippen molar-refractivity contribution in [3.63, 3.8) is 0 Å². The second-order valence-corrected chi connectivity index (χ2v) is 20.4. The summed E-state index contributed by atoms with van der Waals surface area (Å²) in [5.74, 6) is -0.0826. The SMILES string of the molecule is CCN(CC)C(=O)C1CC(C)CC2=C1c1ccccc1C2CC[18F].CCN(CC)C(=O)C1CCCC2=C1c1c(F)cccc1C2CC[18F].CCN(CC)C(=O)C1CCCC2=C1c1cc(F)ccc1C2CC[18F]. The van der Waals surface area contributed by atoms with Gasteiger partial charge in [0.25, 0.3) is 0 Å². The van der Waals surface area contributed by atoms with E-state index in [9.17, 15) is 36.3 Å². The lowest BCUT2D eigenvalue weighted by atomic mass is 9.75. The number of carbonyl (C=O) groups excluding carboxylic acids is 3. The van der Waals surface area contributed by atoms with Crippen LogP contribution in [0.25, 0.3) is 16.7 Å². The summed E-state index contributed by atoms with van der Waals surface area (Å²) in [7, 11) is 0. The largest absolute Gasteiger partial charge is 0.343 e. The standard InChI is InChI=1S/C21H28FNO.2C20H25F2NO/c1-4-23(5-2)21(24)19-13-14(3)12-18-16(10-11-22)15-8-6-7-9-17(15)20(18)19;1-3-23(4-2)20(24)16-9-5-7-14-13(11-12-21)15-8-6-10-17(22)19(15)18(14)16;1-3-23(4-2)20(24)17-7-5-6-16-15(10-11-21)14-9-8-13(22)12-18(14)19(16)17/h6-9,14,16,19H,4-5,10-13H2,1-3H3;6,8,10,13,16H,3-5,7,9,11-12H2,1-2H3;8-9,12,15,17H,3-7,10-11H2,1-2H3/i22-1;2*21-1. The van der Waals surface area contributed by atoms with Gasteiger partial charge in [-0.15, -0.1) is 0 Å². The number of amides is 3. The van der Waals surface area contributed by atoms with Gasteiger partial charge in [-0.1, -0.05) is 66.1 Å².